The number of piperazine rings is 1. The van der Waals surface area contributed by atoms with Gasteiger partial charge in [-0.25, -0.2) is 0 Å². The third-order valence-electron chi connectivity index (χ3n) is 7.68. The summed E-state index contributed by atoms with van der Waals surface area (Å²) in [6.07, 6.45) is 3.21. The second-order valence-electron chi connectivity index (χ2n) is 9.54. The van der Waals surface area contributed by atoms with Gasteiger partial charge in [-0.15, -0.1) is 11.3 Å². The van der Waals surface area contributed by atoms with Crippen LogP contribution >= 0.6 is 11.3 Å². The molecule has 1 aliphatic carbocycles. The number of rotatable bonds is 6. The van der Waals surface area contributed by atoms with Crippen LogP contribution in [-0.4, -0.2) is 72.1 Å². The lowest BCUT2D eigenvalue weighted by Crippen LogP contribution is -2.49. The lowest BCUT2D eigenvalue weighted by atomic mass is 9.90. The largest absolute Gasteiger partial charge is 0.504 e. The molecule has 1 amide bonds. The number of likely N-dealkylation sites (tertiary alicyclic amines) is 1. The molecule has 2 saturated heterocycles. The number of carbonyl (C=O) groups excluding carboxylic acids is 1. The van der Waals surface area contributed by atoms with Crippen LogP contribution in [0.4, 0.5) is 0 Å². The molecule has 2 aromatic rings. The number of thiophene rings is 1. The average molecular weight is 456 g/mol. The first kappa shape index (κ1) is 21.7. The van der Waals surface area contributed by atoms with Gasteiger partial charge in [0.25, 0.3) is 0 Å². The first-order valence-corrected chi connectivity index (χ1v) is 12.6. The third kappa shape index (κ3) is 4.38. The molecule has 1 N–H and O–H groups in total. The van der Waals surface area contributed by atoms with E-state index in [-0.39, 0.29) is 17.1 Å². The van der Waals surface area contributed by atoms with Gasteiger partial charge >= 0.3 is 0 Å². The van der Waals surface area contributed by atoms with E-state index in [4.69, 9.17) is 4.74 Å². The lowest BCUT2D eigenvalue weighted by Gasteiger charge is -2.36. The van der Waals surface area contributed by atoms with E-state index < -0.39 is 0 Å². The maximum absolute atomic E-state index is 13.2. The summed E-state index contributed by atoms with van der Waals surface area (Å²) >= 11 is 1.81. The van der Waals surface area contributed by atoms with Crippen LogP contribution in [-0.2, 0) is 17.9 Å². The van der Waals surface area contributed by atoms with Crippen molar-refractivity contribution in [3.05, 3.63) is 46.2 Å². The molecule has 1 saturated carbocycles. The second kappa shape index (κ2) is 9.04. The van der Waals surface area contributed by atoms with Crippen molar-refractivity contribution < 1.29 is 14.6 Å². The lowest BCUT2D eigenvalue weighted by molar-refractivity contribution is -0.135. The predicted octanol–water partition coefficient (Wildman–Crippen LogP) is 3.41. The molecular weight excluding hydrogens is 422 g/mol. The average Bonchev–Trinajstić information content (AvgIpc) is 3.25. The topological polar surface area (TPSA) is 56.2 Å². The highest BCUT2D eigenvalue weighted by Crippen LogP contribution is 2.60. The van der Waals surface area contributed by atoms with Crippen LogP contribution in [0, 0.1) is 11.3 Å². The number of hydrogen-bond acceptors (Lipinski definition) is 6. The van der Waals surface area contributed by atoms with E-state index in [1.54, 1.807) is 13.2 Å². The molecule has 1 atom stereocenters. The Hall–Kier alpha value is -2.09. The Bertz CT molecular complexity index is 932. The van der Waals surface area contributed by atoms with Gasteiger partial charge < -0.3 is 14.7 Å². The molecule has 32 heavy (non-hydrogen) atoms. The van der Waals surface area contributed by atoms with E-state index in [0.29, 0.717) is 11.7 Å². The molecule has 6 nitrogen and oxygen atoms in total. The zero-order chi connectivity index (χ0) is 22.1. The van der Waals surface area contributed by atoms with Gasteiger partial charge in [0.15, 0.2) is 11.5 Å². The van der Waals surface area contributed by atoms with Gasteiger partial charge in [0.2, 0.25) is 5.91 Å². The summed E-state index contributed by atoms with van der Waals surface area (Å²) in [6.45, 7) is 7.36. The number of nitrogens with zero attached hydrogens (tertiary/aromatic N) is 3. The predicted molar refractivity (Wildman–Crippen MR) is 126 cm³/mol. The smallest absolute Gasteiger partial charge is 0.226 e. The zero-order valence-corrected chi connectivity index (χ0v) is 19.6. The molecule has 3 fully saturated rings. The van der Waals surface area contributed by atoms with Crippen LogP contribution in [0.15, 0.2) is 35.7 Å². The number of methoxy groups -OCH3 is 1. The fourth-order valence-electron chi connectivity index (χ4n) is 5.48. The first-order chi connectivity index (χ1) is 15.6. The Kier molecular flexibility index (Phi) is 6.14. The minimum absolute atomic E-state index is 0.220. The Morgan fingerprint density at radius 1 is 1.06 bits per heavy atom. The Morgan fingerprint density at radius 2 is 1.81 bits per heavy atom. The molecule has 1 spiro atoms. The minimum Gasteiger partial charge on any atom is -0.504 e. The molecule has 0 bridgehead atoms. The zero-order valence-electron chi connectivity index (χ0n) is 18.8. The second-order valence-corrected chi connectivity index (χ2v) is 10.6. The van der Waals surface area contributed by atoms with Gasteiger partial charge in [0.1, 0.15) is 0 Å². The van der Waals surface area contributed by atoms with Gasteiger partial charge in [0.05, 0.1) is 7.11 Å². The van der Waals surface area contributed by atoms with Crippen LogP contribution < -0.4 is 4.74 Å². The van der Waals surface area contributed by atoms with Gasteiger partial charge in [-0.3, -0.25) is 14.6 Å². The number of benzene rings is 1. The number of piperidine rings is 1. The van der Waals surface area contributed by atoms with Crippen molar-refractivity contribution >= 4 is 17.2 Å². The molecule has 1 aromatic heterocycles. The van der Waals surface area contributed by atoms with Crippen molar-refractivity contribution in [1.82, 2.24) is 14.7 Å². The van der Waals surface area contributed by atoms with Gasteiger partial charge in [0, 0.05) is 55.6 Å². The molecule has 0 radical (unpaired) electrons. The summed E-state index contributed by atoms with van der Waals surface area (Å²) in [5.74, 6) is 1.38. The highest BCUT2D eigenvalue weighted by molar-refractivity contribution is 7.09. The third-order valence-corrected chi connectivity index (χ3v) is 8.54. The number of para-hydroxylation sites is 1. The van der Waals surface area contributed by atoms with E-state index in [0.717, 1.165) is 77.2 Å². The normalized spacial score (nSPS) is 23.4. The highest BCUT2D eigenvalue weighted by Gasteiger charge is 2.59. The van der Waals surface area contributed by atoms with E-state index in [2.05, 4.69) is 32.2 Å². The molecule has 2 aliphatic heterocycles. The van der Waals surface area contributed by atoms with Crippen LogP contribution in [0.2, 0.25) is 0 Å². The van der Waals surface area contributed by atoms with Crippen LogP contribution in [0.5, 0.6) is 11.5 Å². The van der Waals surface area contributed by atoms with Crippen molar-refractivity contribution in [3.63, 3.8) is 0 Å². The van der Waals surface area contributed by atoms with Gasteiger partial charge in [-0.1, -0.05) is 18.2 Å². The highest BCUT2D eigenvalue weighted by atomic mass is 32.1. The van der Waals surface area contributed by atoms with Gasteiger partial charge in [-0.05, 0) is 55.3 Å². The number of carbonyl (C=O) groups is 1. The Morgan fingerprint density at radius 3 is 2.50 bits per heavy atom. The first-order valence-electron chi connectivity index (χ1n) is 11.7. The molecule has 3 aliphatic rings. The quantitative estimate of drug-likeness (QED) is 0.724. The monoisotopic (exact) mass is 455 g/mol. The van der Waals surface area contributed by atoms with Crippen molar-refractivity contribution in [3.8, 4) is 11.5 Å². The van der Waals surface area contributed by atoms with Crippen LogP contribution in [0.25, 0.3) is 0 Å². The van der Waals surface area contributed by atoms with E-state index in [1.165, 1.54) is 4.88 Å². The number of ether oxygens (including phenoxy) is 1. The molecule has 172 valence electrons. The summed E-state index contributed by atoms with van der Waals surface area (Å²) in [6, 6.07) is 9.97. The standard InChI is InChI=1S/C25H33N3O3S/c1-31-22-6-2-4-19(23(22)29)17-26-9-7-25(8-10-26)16-21(25)24(30)28-13-11-27(12-14-28)18-20-5-3-15-32-20/h2-6,15,21,29H,7-14,16-18H2,1H3/t21-/m1/s1. The van der Waals surface area contributed by atoms with Crippen molar-refractivity contribution in [2.24, 2.45) is 11.3 Å². The summed E-state index contributed by atoms with van der Waals surface area (Å²) in [7, 11) is 1.58. The Labute approximate surface area is 194 Å². The fraction of sp³-hybridized carbons (Fsp3) is 0.560. The molecule has 0 unspecified atom stereocenters. The van der Waals surface area contributed by atoms with E-state index >= 15 is 0 Å². The number of phenolic OH excluding ortho intramolecular Hbond substituents is 1. The van der Waals surface area contributed by atoms with Gasteiger partial charge in [-0.2, -0.15) is 0 Å². The van der Waals surface area contributed by atoms with E-state index in [9.17, 15) is 9.90 Å². The molecule has 3 heterocycles. The number of phenols is 1. The summed E-state index contributed by atoms with van der Waals surface area (Å²) < 4.78 is 5.24. The number of amides is 1. The molecule has 7 heteroatoms. The Balaban J connectivity index is 1.09. The fourth-order valence-corrected chi connectivity index (χ4v) is 6.22. The van der Waals surface area contributed by atoms with Crippen molar-refractivity contribution in [1.29, 1.82) is 0 Å². The maximum atomic E-state index is 13.2. The summed E-state index contributed by atoms with van der Waals surface area (Å²) in [5, 5.41) is 12.5. The molecule has 1 aromatic carbocycles. The molecule has 5 rings (SSSR count). The van der Waals surface area contributed by atoms with Crippen LogP contribution in [0.1, 0.15) is 29.7 Å². The minimum atomic E-state index is 0.220. The number of hydrogen-bond donors (Lipinski definition) is 1. The van der Waals surface area contributed by atoms with E-state index in [1.807, 2.05) is 23.5 Å². The van der Waals surface area contributed by atoms with Crippen molar-refractivity contribution in [2.75, 3.05) is 46.4 Å². The summed E-state index contributed by atoms with van der Waals surface area (Å²) in [4.78, 5) is 21.6. The molecular formula is C25H33N3O3S. The summed E-state index contributed by atoms with van der Waals surface area (Å²) in [5.41, 5.74) is 1.13. The van der Waals surface area contributed by atoms with Crippen LogP contribution in [0.3, 0.4) is 0 Å². The van der Waals surface area contributed by atoms with Crippen molar-refractivity contribution in [2.45, 2.75) is 32.4 Å². The SMILES string of the molecule is COc1cccc(CN2CCC3(CC2)C[C@@H]3C(=O)N2CCN(Cc3cccs3)CC2)c1O. The number of aromatic hydroxyl groups is 1. The maximum Gasteiger partial charge on any atom is 0.226 e.